The molecular formula is C21H15F6N3O3S. The zero-order valence-electron chi connectivity index (χ0n) is 17.1. The predicted octanol–water partition coefficient (Wildman–Crippen LogP) is 5.58. The number of hydrogen-bond acceptors (Lipinski definition) is 6. The minimum Gasteiger partial charge on any atom is -0.339 e. The first-order valence-electron chi connectivity index (χ1n) is 9.95. The summed E-state index contributed by atoms with van der Waals surface area (Å²) in [5.74, 6) is -2.22. The van der Waals surface area contributed by atoms with Gasteiger partial charge in [-0.25, -0.2) is 0 Å². The van der Waals surface area contributed by atoms with E-state index in [1.807, 2.05) is 0 Å². The minimum atomic E-state index is -5.01. The Morgan fingerprint density at radius 2 is 1.56 bits per heavy atom. The average molecular weight is 503 g/mol. The molecule has 6 nitrogen and oxygen atoms in total. The van der Waals surface area contributed by atoms with Crippen molar-refractivity contribution in [2.75, 3.05) is 13.1 Å². The molecule has 0 saturated carbocycles. The second-order valence-electron chi connectivity index (χ2n) is 7.59. The molecule has 4 rings (SSSR count). The predicted molar refractivity (Wildman–Crippen MR) is 107 cm³/mol. The molecule has 180 valence electrons. The summed E-state index contributed by atoms with van der Waals surface area (Å²) in [6.07, 6.45) is -8.57. The van der Waals surface area contributed by atoms with Crippen LogP contribution in [0, 0.1) is 0 Å². The normalized spacial score (nSPS) is 15.5. The van der Waals surface area contributed by atoms with Gasteiger partial charge in [-0.3, -0.25) is 9.59 Å². The molecule has 1 aromatic carbocycles. The van der Waals surface area contributed by atoms with Crippen molar-refractivity contribution in [3.8, 4) is 11.4 Å². The molecule has 1 aliphatic rings. The van der Waals surface area contributed by atoms with Crippen LogP contribution in [0.4, 0.5) is 26.3 Å². The molecule has 2 aromatic heterocycles. The van der Waals surface area contributed by atoms with Gasteiger partial charge in [-0.1, -0.05) is 17.3 Å². The number of carbonyl (C=O) groups excluding carboxylic acids is 2. The summed E-state index contributed by atoms with van der Waals surface area (Å²) in [4.78, 5) is 29.2. The number of likely N-dealkylation sites (tertiary alicyclic amines) is 1. The van der Waals surface area contributed by atoms with E-state index in [1.54, 1.807) is 0 Å². The molecule has 0 bridgehead atoms. The van der Waals surface area contributed by atoms with Crippen LogP contribution in [0.3, 0.4) is 0 Å². The first-order valence-corrected chi connectivity index (χ1v) is 10.8. The number of Topliss-reactive ketones (excluding diaryl/α,β-unsaturated/α-hetero) is 1. The Morgan fingerprint density at radius 1 is 0.941 bits per heavy atom. The summed E-state index contributed by atoms with van der Waals surface area (Å²) in [6.45, 7) is 0.559. The van der Waals surface area contributed by atoms with Gasteiger partial charge in [0.2, 0.25) is 11.7 Å². The molecular weight excluding hydrogens is 488 g/mol. The SMILES string of the molecule is O=C(c1ccc(C(=O)C(F)(F)F)s1)N1CCC(c2nc(-c3ccc(C(F)(F)F)cc3)no2)CC1. The minimum absolute atomic E-state index is 0.0356. The van der Waals surface area contributed by atoms with Crippen molar-refractivity contribution in [2.45, 2.75) is 31.1 Å². The van der Waals surface area contributed by atoms with E-state index in [9.17, 15) is 35.9 Å². The molecule has 0 atom stereocenters. The van der Waals surface area contributed by atoms with Gasteiger partial charge in [0.05, 0.1) is 15.3 Å². The Morgan fingerprint density at radius 3 is 2.15 bits per heavy atom. The molecule has 13 heteroatoms. The fourth-order valence-electron chi connectivity index (χ4n) is 3.53. The molecule has 1 saturated heterocycles. The number of thiophene rings is 1. The van der Waals surface area contributed by atoms with E-state index >= 15 is 0 Å². The van der Waals surface area contributed by atoms with E-state index in [4.69, 9.17) is 4.52 Å². The lowest BCUT2D eigenvalue weighted by Crippen LogP contribution is -2.37. The molecule has 3 aromatic rings. The molecule has 0 aliphatic carbocycles. The highest BCUT2D eigenvalue weighted by molar-refractivity contribution is 7.16. The summed E-state index contributed by atoms with van der Waals surface area (Å²) in [6, 6.07) is 6.53. The quantitative estimate of drug-likeness (QED) is 0.343. The number of aromatic nitrogens is 2. The molecule has 0 radical (unpaired) electrons. The average Bonchev–Trinajstić information content (AvgIpc) is 3.47. The lowest BCUT2D eigenvalue weighted by atomic mass is 9.96. The first-order chi connectivity index (χ1) is 15.9. The fraction of sp³-hybridized carbons (Fsp3) is 0.333. The topological polar surface area (TPSA) is 76.3 Å². The van der Waals surface area contributed by atoms with Crippen molar-refractivity contribution in [2.24, 2.45) is 0 Å². The highest BCUT2D eigenvalue weighted by Crippen LogP contribution is 2.33. The highest BCUT2D eigenvalue weighted by atomic mass is 32.1. The maximum absolute atomic E-state index is 12.7. The third-order valence-electron chi connectivity index (χ3n) is 5.34. The molecule has 1 amide bonds. The summed E-state index contributed by atoms with van der Waals surface area (Å²) in [5.41, 5.74) is -0.435. The van der Waals surface area contributed by atoms with Gasteiger partial charge in [0, 0.05) is 24.6 Å². The second kappa shape index (κ2) is 8.85. The summed E-state index contributed by atoms with van der Waals surface area (Å²) >= 11 is 0.498. The van der Waals surface area contributed by atoms with Crippen LogP contribution in [-0.4, -0.2) is 46.0 Å². The third-order valence-corrected chi connectivity index (χ3v) is 6.41. The number of hydrogen-bond donors (Lipinski definition) is 0. The van der Waals surface area contributed by atoms with E-state index in [1.165, 1.54) is 23.1 Å². The molecule has 1 aliphatic heterocycles. The maximum Gasteiger partial charge on any atom is 0.455 e. The van der Waals surface area contributed by atoms with Crippen LogP contribution >= 0.6 is 11.3 Å². The molecule has 1 fully saturated rings. The first kappa shape index (κ1) is 23.9. The molecule has 3 heterocycles. The Hall–Kier alpha value is -3.22. The van der Waals surface area contributed by atoms with Crippen molar-refractivity contribution < 1.29 is 40.5 Å². The van der Waals surface area contributed by atoms with E-state index in [2.05, 4.69) is 10.1 Å². The molecule has 34 heavy (non-hydrogen) atoms. The third kappa shape index (κ3) is 4.98. The van der Waals surface area contributed by atoms with Crippen molar-refractivity contribution in [3.05, 3.63) is 57.6 Å². The Balaban J connectivity index is 1.37. The standard InChI is InChI=1S/C21H15F6N3O3S/c22-20(23,24)13-3-1-11(2-4-13)17-28-18(33-29-17)12-7-9-30(10-8-12)19(32)15-6-5-14(34-15)16(31)21(25,26)27/h1-6,12H,7-10H2. The van der Waals surface area contributed by atoms with Gasteiger partial charge in [-0.15, -0.1) is 11.3 Å². The smallest absolute Gasteiger partial charge is 0.339 e. The number of piperidine rings is 1. The number of rotatable bonds is 4. The fourth-order valence-corrected chi connectivity index (χ4v) is 4.46. The van der Waals surface area contributed by atoms with E-state index in [-0.39, 0.29) is 35.6 Å². The van der Waals surface area contributed by atoms with E-state index < -0.39 is 34.5 Å². The zero-order chi connectivity index (χ0) is 24.7. The van der Waals surface area contributed by atoms with Crippen LogP contribution in [0.15, 0.2) is 40.9 Å². The van der Waals surface area contributed by atoms with Gasteiger partial charge in [0.1, 0.15) is 0 Å². The summed E-state index contributed by atoms with van der Waals surface area (Å²) in [5, 5.41) is 3.82. The van der Waals surface area contributed by atoms with Crippen LogP contribution < -0.4 is 0 Å². The number of benzene rings is 1. The molecule has 0 N–H and O–H groups in total. The Labute approximate surface area is 192 Å². The number of alkyl halides is 6. The zero-order valence-corrected chi connectivity index (χ0v) is 17.9. The second-order valence-corrected chi connectivity index (χ2v) is 8.67. The number of nitrogens with zero attached hydrogens (tertiary/aromatic N) is 3. The van der Waals surface area contributed by atoms with Crippen LogP contribution in [0.25, 0.3) is 11.4 Å². The number of halogens is 6. The van der Waals surface area contributed by atoms with Crippen LogP contribution in [0.2, 0.25) is 0 Å². The van der Waals surface area contributed by atoms with Crippen molar-refractivity contribution in [3.63, 3.8) is 0 Å². The molecule has 0 unspecified atom stereocenters. The van der Waals surface area contributed by atoms with E-state index in [0.717, 1.165) is 18.2 Å². The maximum atomic E-state index is 12.7. The number of amides is 1. The van der Waals surface area contributed by atoms with Gasteiger partial charge in [0.25, 0.3) is 11.7 Å². The lowest BCUT2D eigenvalue weighted by Gasteiger charge is -2.30. The highest BCUT2D eigenvalue weighted by Gasteiger charge is 2.40. The van der Waals surface area contributed by atoms with Crippen molar-refractivity contribution in [1.82, 2.24) is 15.0 Å². The van der Waals surface area contributed by atoms with Crippen LogP contribution in [-0.2, 0) is 6.18 Å². The summed E-state index contributed by atoms with van der Waals surface area (Å²) in [7, 11) is 0. The monoisotopic (exact) mass is 503 g/mol. The van der Waals surface area contributed by atoms with Gasteiger partial charge in [-0.05, 0) is 37.1 Å². The lowest BCUT2D eigenvalue weighted by molar-refractivity contribution is -0.137. The number of ketones is 1. The van der Waals surface area contributed by atoms with Crippen molar-refractivity contribution in [1.29, 1.82) is 0 Å². The Kier molecular flexibility index (Phi) is 6.23. The Bertz CT molecular complexity index is 1190. The van der Waals surface area contributed by atoms with Gasteiger partial charge in [0.15, 0.2) is 0 Å². The molecule has 0 spiro atoms. The van der Waals surface area contributed by atoms with Gasteiger partial charge < -0.3 is 9.42 Å². The van der Waals surface area contributed by atoms with Crippen LogP contribution in [0.5, 0.6) is 0 Å². The van der Waals surface area contributed by atoms with Gasteiger partial charge >= 0.3 is 12.4 Å². The van der Waals surface area contributed by atoms with Gasteiger partial charge in [-0.2, -0.15) is 31.3 Å². The largest absolute Gasteiger partial charge is 0.455 e. The van der Waals surface area contributed by atoms with Crippen LogP contribution in [0.1, 0.15) is 49.6 Å². The van der Waals surface area contributed by atoms with E-state index in [0.29, 0.717) is 29.7 Å². The number of carbonyl (C=O) groups is 2. The summed E-state index contributed by atoms with van der Waals surface area (Å²) < 4.78 is 81.1. The van der Waals surface area contributed by atoms with Crippen molar-refractivity contribution >= 4 is 23.0 Å².